The summed E-state index contributed by atoms with van der Waals surface area (Å²) in [5.41, 5.74) is 5.85. The van der Waals surface area contributed by atoms with Crippen molar-refractivity contribution >= 4 is 34.5 Å². The van der Waals surface area contributed by atoms with E-state index in [1.165, 1.54) is 17.8 Å². The molecule has 3 N–H and O–H groups in total. The van der Waals surface area contributed by atoms with Crippen LogP contribution < -0.4 is 11.1 Å². The van der Waals surface area contributed by atoms with Gasteiger partial charge in [-0.3, -0.25) is 4.79 Å². The van der Waals surface area contributed by atoms with Gasteiger partial charge in [-0.25, -0.2) is 4.98 Å². The van der Waals surface area contributed by atoms with Crippen LogP contribution in [0, 0.1) is 12.8 Å². The quantitative estimate of drug-likeness (QED) is 0.839. The molecular formula is C14H21N3OS2. The summed E-state index contributed by atoms with van der Waals surface area (Å²) in [5.74, 6) is 0.549. The van der Waals surface area contributed by atoms with E-state index in [4.69, 9.17) is 18.0 Å². The Balaban J connectivity index is 2.10. The largest absolute Gasteiger partial charge is 0.391 e. The molecule has 1 aliphatic carbocycles. The normalized spacial score (nSPS) is 26.2. The van der Waals surface area contributed by atoms with Gasteiger partial charge < -0.3 is 11.1 Å². The fourth-order valence-corrected chi connectivity index (χ4v) is 3.61. The highest BCUT2D eigenvalue weighted by atomic mass is 32.1. The number of rotatable bonds is 4. The predicted molar refractivity (Wildman–Crippen MR) is 86.1 cm³/mol. The van der Waals surface area contributed by atoms with Crippen molar-refractivity contribution in [2.45, 2.75) is 51.5 Å². The van der Waals surface area contributed by atoms with E-state index in [2.05, 4.69) is 17.2 Å². The zero-order valence-corrected chi connectivity index (χ0v) is 13.6. The van der Waals surface area contributed by atoms with Gasteiger partial charge in [0.15, 0.2) is 0 Å². The molecule has 1 aliphatic rings. The molecule has 0 atom stereocenters. The van der Waals surface area contributed by atoms with Gasteiger partial charge in [0.05, 0.1) is 15.5 Å². The highest BCUT2D eigenvalue weighted by molar-refractivity contribution is 7.80. The molecule has 0 radical (unpaired) electrons. The average Bonchev–Trinajstić information content (AvgIpc) is 2.86. The van der Waals surface area contributed by atoms with Gasteiger partial charge in [0.25, 0.3) is 5.91 Å². The van der Waals surface area contributed by atoms with Crippen molar-refractivity contribution in [3.05, 3.63) is 16.1 Å². The molecule has 0 bridgehead atoms. The third-order valence-corrected chi connectivity index (χ3v) is 5.38. The van der Waals surface area contributed by atoms with E-state index < -0.39 is 5.54 Å². The van der Waals surface area contributed by atoms with Gasteiger partial charge in [-0.2, -0.15) is 0 Å². The van der Waals surface area contributed by atoms with Crippen LogP contribution >= 0.6 is 23.6 Å². The maximum absolute atomic E-state index is 12.3. The van der Waals surface area contributed by atoms with Gasteiger partial charge >= 0.3 is 0 Å². The monoisotopic (exact) mass is 311 g/mol. The van der Waals surface area contributed by atoms with Crippen LogP contribution in [0.1, 0.15) is 54.5 Å². The third-order valence-electron chi connectivity index (χ3n) is 4.21. The molecule has 110 valence electrons. The van der Waals surface area contributed by atoms with Crippen molar-refractivity contribution in [2.24, 2.45) is 11.7 Å². The van der Waals surface area contributed by atoms with Gasteiger partial charge in [-0.05, 0) is 38.5 Å². The van der Waals surface area contributed by atoms with Crippen molar-refractivity contribution in [1.82, 2.24) is 10.3 Å². The molecule has 4 nitrogen and oxygen atoms in total. The Bertz CT molecular complexity index is 504. The predicted octanol–water partition coefficient (Wildman–Crippen LogP) is 2.81. The molecule has 1 aromatic rings. The molecular weight excluding hydrogens is 290 g/mol. The highest BCUT2D eigenvalue weighted by Crippen LogP contribution is 2.34. The summed E-state index contributed by atoms with van der Waals surface area (Å²) >= 11 is 6.69. The Kier molecular flexibility index (Phi) is 4.75. The standard InChI is InChI=1S/C14H21N3OS2/c1-3-10-4-6-14(7-5-10,13(15)19)17-12(18)11-8-20-9(2)16-11/h8,10H,3-7H2,1-2H3,(H2,15,19)(H,17,18). The molecule has 1 heterocycles. The smallest absolute Gasteiger partial charge is 0.271 e. The Hall–Kier alpha value is -1.01. The molecule has 0 unspecified atom stereocenters. The summed E-state index contributed by atoms with van der Waals surface area (Å²) in [6, 6.07) is 0. The van der Waals surface area contributed by atoms with Crippen molar-refractivity contribution in [3.63, 3.8) is 0 Å². The number of aryl methyl sites for hydroxylation is 1. The average molecular weight is 311 g/mol. The fourth-order valence-electron chi connectivity index (χ4n) is 2.76. The van der Waals surface area contributed by atoms with Gasteiger partial charge in [0, 0.05) is 5.38 Å². The summed E-state index contributed by atoms with van der Waals surface area (Å²) in [6.07, 6.45) is 4.95. The number of hydrogen-bond acceptors (Lipinski definition) is 4. The molecule has 0 spiro atoms. The minimum Gasteiger partial charge on any atom is -0.391 e. The number of thiocarbonyl (C=S) groups is 1. The summed E-state index contributed by atoms with van der Waals surface area (Å²) in [7, 11) is 0. The van der Waals surface area contributed by atoms with E-state index in [1.54, 1.807) is 5.38 Å². The number of hydrogen-bond donors (Lipinski definition) is 2. The van der Waals surface area contributed by atoms with Crippen LogP contribution in [0.4, 0.5) is 0 Å². The van der Waals surface area contributed by atoms with Crippen LogP contribution in [0.25, 0.3) is 0 Å². The second-order valence-electron chi connectivity index (χ2n) is 5.50. The van der Waals surface area contributed by atoms with Crippen molar-refractivity contribution in [3.8, 4) is 0 Å². The lowest BCUT2D eigenvalue weighted by molar-refractivity contribution is 0.0894. The first-order valence-corrected chi connectivity index (χ1v) is 8.30. The van der Waals surface area contributed by atoms with Crippen molar-refractivity contribution in [2.75, 3.05) is 0 Å². The Morgan fingerprint density at radius 1 is 1.60 bits per heavy atom. The fraction of sp³-hybridized carbons (Fsp3) is 0.643. The minimum atomic E-state index is -0.532. The lowest BCUT2D eigenvalue weighted by Gasteiger charge is -2.39. The van der Waals surface area contributed by atoms with Crippen LogP contribution in [0.2, 0.25) is 0 Å². The number of thiazole rings is 1. The number of nitrogens with one attached hydrogen (secondary N) is 1. The van der Waals surface area contributed by atoms with Crippen LogP contribution in [0.5, 0.6) is 0 Å². The second-order valence-corrected chi connectivity index (χ2v) is 7.01. The molecule has 0 aliphatic heterocycles. The second kappa shape index (κ2) is 6.18. The Morgan fingerprint density at radius 2 is 2.25 bits per heavy atom. The maximum atomic E-state index is 12.3. The number of nitrogens with zero attached hydrogens (tertiary/aromatic N) is 1. The number of carbonyl (C=O) groups excluding carboxylic acids is 1. The first-order chi connectivity index (χ1) is 9.47. The van der Waals surface area contributed by atoms with E-state index in [9.17, 15) is 4.79 Å². The highest BCUT2D eigenvalue weighted by Gasteiger charge is 2.39. The van der Waals surface area contributed by atoms with E-state index in [1.807, 2.05) is 6.92 Å². The molecule has 0 saturated heterocycles. The van der Waals surface area contributed by atoms with Crippen LogP contribution in [0.3, 0.4) is 0 Å². The van der Waals surface area contributed by atoms with Gasteiger partial charge in [0.1, 0.15) is 5.69 Å². The van der Waals surface area contributed by atoms with E-state index >= 15 is 0 Å². The topological polar surface area (TPSA) is 68.0 Å². The maximum Gasteiger partial charge on any atom is 0.271 e. The number of aromatic nitrogens is 1. The molecule has 1 fully saturated rings. The Labute approximate surface area is 129 Å². The molecule has 20 heavy (non-hydrogen) atoms. The van der Waals surface area contributed by atoms with Crippen LogP contribution in [-0.2, 0) is 0 Å². The minimum absolute atomic E-state index is 0.169. The first kappa shape index (κ1) is 15.4. The summed E-state index contributed by atoms with van der Waals surface area (Å²) < 4.78 is 0. The summed E-state index contributed by atoms with van der Waals surface area (Å²) in [5, 5.41) is 5.70. The van der Waals surface area contributed by atoms with Crippen LogP contribution in [-0.4, -0.2) is 21.4 Å². The van der Waals surface area contributed by atoms with E-state index in [0.29, 0.717) is 10.7 Å². The number of carbonyl (C=O) groups is 1. The van der Waals surface area contributed by atoms with Crippen molar-refractivity contribution in [1.29, 1.82) is 0 Å². The number of nitrogens with two attached hydrogens (primary N) is 1. The zero-order chi connectivity index (χ0) is 14.8. The molecule has 2 rings (SSSR count). The lowest BCUT2D eigenvalue weighted by atomic mass is 9.75. The zero-order valence-electron chi connectivity index (χ0n) is 11.9. The molecule has 1 aromatic heterocycles. The lowest BCUT2D eigenvalue weighted by Crippen LogP contribution is -2.58. The molecule has 6 heteroatoms. The molecule has 1 saturated carbocycles. The van der Waals surface area contributed by atoms with Gasteiger partial charge in [-0.15, -0.1) is 11.3 Å². The third kappa shape index (κ3) is 3.17. The summed E-state index contributed by atoms with van der Waals surface area (Å²) in [6.45, 7) is 4.09. The van der Waals surface area contributed by atoms with Gasteiger partial charge in [0.2, 0.25) is 0 Å². The van der Waals surface area contributed by atoms with Gasteiger partial charge in [-0.1, -0.05) is 25.6 Å². The molecule has 0 aromatic carbocycles. The summed E-state index contributed by atoms with van der Waals surface area (Å²) in [4.78, 5) is 16.9. The van der Waals surface area contributed by atoms with Crippen molar-refractivity contribution < 1.29 is 4.79 Å². The number of amides is 1. The van der Waals surface area contributed by atoms with Crippen LogP contribution in [0.15, 0.2) is 5.38 Å². The first-order valence-electron chi connectivity index (χ1n) is 7.01. The Morgan fingerprint density at radius 3 is 2.70 bits per heavy atom. The van der Waals surface area contributed by atoms with E-state index in [-0.39, 0.29) is 5.91 Å². The van der Waals surface area contributed by atoms with E-state index in [0.717, 1.165) is 36.6 Å². The SMILES string of the molecule is CCC1CCC(NC(=O)c2csc(C)n2)(C(N)=S)CC1. The molecule has 1 amide bonds.